The van der Waals surface area contributed by atoms with Crippen molar-refractivity contribution in [3.05, 3.63) is 46.6 Å². The molecule has 144 valence electrons. The minimum absolute atomic E-state index is 0.0648. The smallest absolute Gasteiger partial charge is 0.303 e. The molecule has 1 aromatic carbocycles. The number of carbonyl (C=O) groups excluding carboxylic acids is 2. The van der Waals surface area contributed by atoms with Crippen LogP contribution in [0.5, 0.6) is 0 Å². The molecule has 0 spiro atoms. The summed E-state index contributed by atoms with van der Waals surface area (Å²) in [5, 5.41) is 0.323. The SMILES string of the molecule is C/C(=C\C(=O)C(F)(F)C(F)(F)C(F)(F)F)NNC(=O)c1ccc(Cl)cc1. The van der Waals surface area contributed by atoms with E-state index in [-0.39, 0.29) is 11.6 Å². The van der Waals surface area contributed by atoms with Gasteiger partial charge in [0.05, 0.1) is 0 Å². The van der Waals surface area contributed by atoms with Crippen LogP contribution in [-0.2, 0) is 4.79 Å². The van der Waals surface area contributed by atoms with Crippen LogP contribution < -0.4 is 10.9 Å². The lowest BCUT2D eigenvalue weighted by molar-refractivity contribution is -0.342. The lowest BCUT2D eigenvalue weighted by Crippen LogP contribution is -2.55. The highest BCUT2D eigenvalue weighted by molar-refractivity contribution is 6.30. The molecule has 4 nitrogen and oxygen atoms in total. The lowest BCUT2D eigenvalue weighted by atomic mass is 10.1. The highest BCUT2D eigenvalue weighted by atomic mass is 35.5. The number of benzene rings is 1. The van der Waals surface area contributed by atoms with Crippen molar-refractivity contribution in [1.82, 2.24) is 10.9 Å². The minimum atomic E-state index is -6.62. The number of hydrogen-bond donors (Lipinski definition) is 2. The Hall–Kier alpha value is -2.30. The number of nitrogens with one attached hydrogen (secondary N) is 2. The lowest BCUT2D eigenvalue weighted by Gasteiger charge is -2.26. The van der Waals surface area contributed by atoms with Gasteiger partial charge in [-0.1, -0.05) is 11.6 Å². The summed E-state index contributed by atoms with van der Waals surface area (Å²) in [6.07, 6.45) is -6.80. The van der Waals surface area contributed by atoms with Crippen LogP contribution in [-0.4, -0.2) is 29.7 Å². The van der Waals surface area contributed by atoms with E-state index in [1.54, 1.807) is 0 Å². The minimum Gasteiger partial charge on any atom is -0.303 e. The van der Waals surface area contributed by atoms with Crippen LogP contribution in [0, 0.1) is 0 Å². The predicted octanol–water partition coefficient (Wildman–Crippen LogP) is 3.88. The van der Waals surface area contributed by atoms with E-state index < -0.39 is 35.4 Å². The van der Waals surface area contributed by atoms with Gasteiger partial charge in [0.1, 0.15) is 0 Å². The van der Waals surface area contributed by atoms with Crippen molar-refractivity contribution in [3.8, 4) is 0 Å². The fourth-order valence-electron chi connectivity index (χ4n) is 1.48. The summed E-state index contributed by atoms with van der Waals surface area (Å²) >= 11 is 5.61. The van der Waals surface area contributed by atoms with Crippen LogP contribution >= 0.6 is 11.6 Å². The first-order valence-corrected chi connectivity index (χ1v) is 6.95. The number of rotatable bonds is 6. The van der Waals surface area contributed by atoms with E-state index >= 15 is 0 Å². The number of hydrogen-bond acceptors (Lipinski definition) is 3. The van der Waals surface area contributed by atoms with E-state index in [4.69, 9.17) is 11.6 Å². The van der Waals surface area contributed by atoms with Gasteiger partial charge in [0.2, 0.25) is 5.78 Å². The Morgan fingerprint density at radius 2 is 1.46 bits per heavy atom. The molecule has 0 unspecified atom stereocenters. The molecule has 1 amide bonds. The zero-order valence-electron chi connectivity index (χ0n) is 12.7. The average molecular weight is 407 g/mol. The van der Waals surface area contributed by atoms with Crippen molar-refractivity contribution < 1.29 is 40.3 Å². The molecular weight excluding hydrogens is 397 g/mol. The maximum absolute atomic E-state index is 13.2. The summed E-state index contributed by atoms with van der Waals surface area (Å²) in [6, 6.07) is 5.31. The number of ketones is 1. The van der Waals surface area contributed by atoms with Gasteiger partial charge in [-0.2, -0.15) is 30.7 Å². The molecule has 0 fully saturated rings. The Morgan fingerprint density at radius 3 is 1.92 bits per heavy atom. The van der Waals surface area contributed by atoms with Crippen molar-refractivity contribution in [3.63, 3.8) is 0 Å². The van der Waals surface area contributed by atoms with Gasteiger partial charge in [-0.25, -0.2) is 0 Å². The molecule has 0 saturated carbocycles. The van der Waals surface area contributed by atoms with Crippen LogP contribution in [0.3, 0.4) is 0 Å². The zero-order valence-corrected chi connectivity index (χ0v) is 13.5. The van der Waals surface area contributed by atoms with Crippen LogP contribution in [0.15, 0.2) is 36.0 Å². The van der Waals surface area contributed by atoms with E-state index in [0.29, 0.717) is 5.02 Å². The van der Waals surface area contributed by atoms with Crippen LogP contribution in [0.1, 0.15) is 17.3 Å². The van der Waals surface area contributed by atoms with E-state index in [9.17, 15) is 40.3 Å². The maximum Gasteiger partial charge on any atom is 0.460 e. The highest BCUT2D eigenvalue weighted by Gasteiger charge is 2.75. The first kappa shape index (κ1) is 21.7. The Labute approximate surface area is 147 Å². The Balaban J connectivity index is 2.81. The third-order valence-corrected chi connectivity index (χ3v) is 3.14. The van der Waals surface area contributed by atoms with Gasteiger partial charge in [-0.15, -0.1) is 0 Å². The largest absolute Gasteiger partial charge is 0.460 e. The van der Waals surface area contributed by atoms with Gasteiger partial charge in [0, 0.05) is 22.4 Å². The number of halogens is 8. The van der Waals surface area contributed by atoms with Crippen molar-refractivity contribution in [2.45, 2.75) is 24.9 Å². The van der Waals surface area contributed by atoms with Crippen LogP contribution in [0.4, 0.5) is 30.7 Å². The second kappa shape index (κ2) is 7.52. The molecular formula is C14H10ClF7N2O2. The first-order valence-electron chi connectivity index (χ1n) is 6.57. The molecule has 0 radical (unpaired) electrons. The quantitative estimate of drug-likeness (QED) is 0.428. The van der Waals surface area contributed by atoms with E-state index in [1.165, 1.54) is 24.3 Å². The molecule has 0 saturated heterocycles. The number of carbonyl (C=O) groups is 2. The second-order valence-corrected chi connectivity index (χ2v) is 5.36. The summed E-state index contributed by atoms with van der Waals surface area (Å²) in [4.78, 5) is 22.8. The monoisotopic (exact) mass is 406 g/mol. The molecule has 0 aliphatic heterocycles. The summed E-state index contributed by atoms with van der Waals surface area (Å²) < 4.78 is 87.9. The summed E-state index contributed by atoms with van der Waals surface area (Å²) in [5.74, 6) is -16.2. The average Bonchev–Trinajstić information content (AvgIpc) is 2.51. The van der Waals surface area contributed by atoms with Gasteiger partial charge in [0.15, 0.2) is 0 Å². The van der Waals surface area contributed by atoms with E-state index in [0.717, 1.165) is 6.92 Å². The molecule has 2 N–H and O–H groups in total. The van der Waals surface area contributed by atoms with Crippen molar-refractivity contribution in [2.75, 3.05) is 0 Å². The van der Waals surface area contributed by atoms with E-state index in [2.05, 4.69) is 0 Å². The van der Waals surface area contributed by atoms with Crippen molar-refractivity contribution in [2.24, 2.45) is 0 Å². The third kappa shape index (κ3) is 4.65. The standard InChI is InChI=1S/C14H10ClF7N2O2/c1-7(23-24-11(26)8-2-4-9(15)5-3-8)6-10(25)12(16,17)13(18,19)14(20,21)22/h2-6,23H,1H3,(H,24,26)/b7-6+. The highest BCUT2D eigenvalue weighted by Crippen LogP contribution is 2.47. The molecule has 1 rings (SSSR count). The van der Waals surface area contributed by atoms with Gasteiger partial charge < -0.3 is 5.43 Å². The number of hydrazine groups is 1. The van der Waals surface area contributed by atoms with Crippen molar-refractivity contribution >= 4 is 23.3 Å². The predicted molar refractivity (Wildman–Crippen MR) is 76.8 cm³/mol. The fourth-order valence-corrected chi connectivity index (χ4v) is 1.61. The topological polar surface area (TPSA) is 58.2 Å². The molecule has 0 aromatic heterocycles. The number of amides is 1. The first-order chi connectivity index (χ1) is 11.7. The van der Waals surface area contributed by atoms with Gasteiger partial charge in [-0.3, -0.25) is 15.0 Å². The Bertz CT molecular complexity index is 715. The summed E-state index contributed by atoms with van der Waals surface area (Å²) in [5.41, 5.74) is 3.34. The molecule has 0 aliphatic carbocycles. The molecule has 1 aromatic rings. The number of alkyl halides is 7. The summed E-state index contributed by atoms with van der Waals surface area (Å²) in [6.45, 7) is 0.891. The molecule has 26 heavy (non-hydrogen) atoms. The number of allylic oxidation sites excluding steroid dienone is 2. The second-order valence-electron chi connectivity index (χ2n) is 4.92. The zero-order chi connectivity index (χ0) is 20.3. The maximum atomic E-state index is 13.2. The third-order valence-electron chi connectivity index (χ3n) is 2.89. The van der Waals surface area contributed by atoms with Crippen LogP contribution in [0.2, 0.25) is 5.02 Å². The molecule has 0 bridgehead atoms. The van der Waals surface area contributed by atoms with E-state index in [1.807, 2.05) is 10.9 Å². The van der Waals surface area contributed by atoms with Crippen molar-refractivity contribution in [1.29, 1.82) is 0 Å². The van der Waals surface area contributed by atoms with Crippen LogP contribution in [0.25, 0.3) is 0 Å². The summed E-state index contributed by atoms with van der Waals surface area (Å²) in [7, 11) is 0. The molecule has 0 aliphatic rings. The molecule has 0 heterocycles. The van der Waals surface area contributed by atoms with Gasteiger partial charge >= 0.3 is 18.0 Å². The molecule has 12 heteroatoms. The van der Waals surface area contributed by atoms with Gasteiger partial charge in [-0.05, 0) is 31.2 Å². The Morgan fingerprint density at radius 1 is 0.962 bits per heavy atom. The fraction of sp³-hybridized carbons (Fsp3) is 0.286. The molecule has 0 atom stereocenters. The normalized spacial score (nSPS) is 13.3. The Kier molecular flexibility index (Phi) is 6.29. The van der Waals surface area contributed by atoms with Gasteiger partial charge in [0.25, 0.3) is 5.91 Å².